The van der Waals surface area contributed by atoms with Crippen molar-refractivity contribution in [1.29, 1.82) is 0 Å². The van der Waals surface area contributed by atoms with E-state index in [4.69, 9.17) is 0 Å². The van der Waals surface area contributed by atoms with Gasteiger partial charge in [0.15, 0.2) is 11.6 Å². The number of unbranched alkanes of at least 4 members (excludes halogenated alkanes) is 4. The zero-order valence-corrected chi connectivity index (χ0v) is 20.0. The SMILES string of the molecule is CCCCCCCc1ccc(-c2ccc3c(F)c(-c4ccc(OC(F)(F)F)c(F)c4)ccc3c2)cc1. The fourth-order valence-corrected chi connectivity index (χ4v) is 4.37. The van der Waals surface area contributed by atoms with Crippen molar-refractivity contribution in [3.63, 3.8) is 0 Å². The smallest absolute Gasteiger partial charge is 0.403 e. The van der Waals surface area contributed by atoms with Crippen LogP contribution in [-0.2, 0) is 6.42 Å². The topological polar surface area (TPSA) is 9.23 Å². The molecule has 0 aliphatic rings. The fourth-order valence-electron chi connectivity index (χ4n) is 4.37. The Morgan fingerprint density at radius 1 is 0.694 bits per heavy atom. The van der Waals surface area contributed by atoms with E-state index >= 15 is 4.39 Å². The van der Waals surface area contributed by atoms with Gasteiger partial charge in [0.2, 0.25) is 0 Å². The molecule has 0 saturated heterocycles. The van der Waals surface area contributed by atoms with E-state index in [9.17, 15) is 17.6 Å². The monoisotopic (exact) mass is 498 g/mol. The van der Waals surface area contributed by atoms with Crippen LogP contribution in [0.4, 0.5) is 22.0 Å². The van der Waals surface area contributed by atoms with Crippen LogP contribution in [0.25, 0.3) is 33.0 Å². The number of halogens is 5. The molecule has 188 valence electrons. The van der Waals surface area contributed by atoms with Crippen LogP contribution in [0.5, 0.6) is 5.75 Å². The van der Waals surface area contributed by atoms with Crippen LogP contribution in [0.3, 0.4) is 0 Å². The molecule has 1 nitrogen and oxygen atoms in total. The molecule has 4 aromatic carbocycles. The molecule has 0 amide bonds. The Morgan fingerprint density at radius 2 is 1.39 bits per heavy atom. The van der Waals surface area contributed by atoms with Crippen molar-refractivity contribution >= 4 is 10.8 Å². The summed E-state index contributed by atoms with van der Waals surface area (Å²) in [4.78, 5) is 0. The van der Waals surface area contributed by atoms with E-state index in [-0.39, 0.29) is 11.1 Å². The van der Waals surface area contributed by atoms with Gasteiger partial charge in [-0.15, -0.1) is 13.2 Å². The molecule has 36 heavy (non-hydrogen) atoms. The summed E-state index contributed by atoms with van der Waals surface area (Å²) in [6.07, 6.45) is 2.26. The standard InChI is InChI=1S/C30H27F5O/c1-2-3-4-5-6-7-20-8-10-21(11-9-20)22-12-15-25-23(18-22)13-16-26(29(25)32)24-14-17-28(27(31)19-24)36-30(33,34)35/h8-19H,2-7H2,1H3. The third-order valence-corrected chi connectivity index (χ3v) is 6.28. The lowest BCUT2D eigenvalue weighted by atomic mass is 9.96. The molecule has 0 radical (unpaired) electrons. The number of aryl methyl sites for hydroxylation is 1. The molecule has 0 aliphatic carbocycles. The quantitative estimate of drug-likeness (QED) is 0.165. The molecule has 4 rings (SSSR count). The van der Waals surface area contributed by atoms with Crippen molar-refractivity contribution in [3.05, 3.63) is 90.0 Å². The van der Waals surface area contributed by atoms with E-state index in [1.165, 1.54) is 49.8 Å². The second-order valence-electron chi connectivity index (χ2n) is 8.92. The molecule has 0 N–H and O–H groups in total. The van der Waals surface area contributed by atoms with Crippen molar-refractivity contribution in [3.8, 4) is 28.0 Å². The second-order valence-corrected chi connectivity index (χ2v) is 8.92. The Bertz CT molecular complexity index is 1330. The van der Waals surface area contributed by atoms with Gasteiger partial charge in [0.1, 0.15) is 5.82 Å². The van der Waals surface area contributed by atoms with Gasteiger partial charge < -0.3 is 4.74 Å². The summed E-state index contributed by atoms with van der Waals surface area (Å²) in [6.45, 7) is 2.21. The van der Waals surface area contributed by atoms with Gasteiger partial charge in [-0.25, -0.2) is 8.78 Å². The van der Waals surface area contributed by atoms with Crippen LogP contribution in [0.2, 0.25) is 0 Å². The van der Waals surface area contributed by atoms with Crippen molar-refractivity contribution < 1.29 is 26.7 Å². The number of ether oxygens (including phenoxy) is 1. The van der Waals surface area contributed by atoms with Crippen molar-refractivity contribution in [2.24, 2.45) is 0 Å². The maximum Gasteiger partial charge on any atom is 0.573 e. The normalized spacial score (nSPS) is 11.7. The van der Waals surface area contributed by atoms with Crippen LogP contribution in [0.1, 0.15) is 44.6 Å². The average molecular weight is 499 g/mol. The third kappa shape index (κ3) is 6.23. The minimum absolute atomic E-state index is 0.0935. The minimum atomic E-state index is -5.01. The maximum atomic E-state index is 15.3. The molecule has 6 heteroatoms. The number of rotatable bonds is 9. The number of fused-ring (bicyclic) bond motifs is 1. The van der Waals surface area contributed by atoms with Gasteiger partial charge in [-0.05, 0) is 58.7 Å². The molecular formula is C30H27F5O. The molecule has 0 unspecified atom stereocenters. The third-order valence-electron chi connectivity index (χ3n) is 6.28. The predicted molar refractivity (Wildman–Crippen MR) is 134 cm³/mol. The highest BCUT2D eigenvalue weighted by Gasteiger charge is 2.32. The van der Waals surface area contributed by atoms with E-state index in [2.05, 4.69) is 35.9 Å². The van der Waals surface area contributed by atoms with Crippen LogP contribution >= 0.6 is 0 Å². The Labute approximate surface area is 207 Å². The van der Waals surface area contributed by atoms with Gasteiger partial charge in [-0.3, -0.25) is 0 Å². The molecule has 0 spiro atoms. The minimum Gasteiger partial charge on any atom is -0.403 e. The number of hydrogen-bond acceptors (Lipinski definition) is 1. The first-order chi connectivity index (χ1) is 17.2. The molecule has 0 saturated carbocycles. The second kappa shape index (κ2) is 11.1. The van der Waals surface area contributed by atoms with Gasteiger partial charge in [0.25, 0.3) is 0 Å². The fraction of sp³-hybridized carbons (Fsp3) is 0.267. The lowest BCUT2D eigenvalue weighted by molar-refractivity contribution is -0.275. The average Bonchev–Trinajstić information content (AvgIpc) is 2.85. The largest absolute Gasteiger partial charge is 0.573 e. The van der Waals surface area contributed by atoms with E-state index in [0.717, 1.165) is 29.7 Å². The van der Waals surface area contributed by atoms with Gasteiger partial charge in [0, 0.05) is 10.9 Å². The van der Waals surface area contributed by atoms with Gasteiger partial charge in [-0.2, -0.15) is 0 Å². The van der Waals surface area contributed by atoms with Crippen LogP contribution in [0.15, 0.2) is 72.8 Å². The lowest BCUT2D eigenvalue weighted by Gasteiger charge is -2.12. The number of benzene rings is 4. The molecule has 0 aliphatic heterocycles. The Balaban J connectivity index is 1.53. The molecule has 0 heterocycles. The summed E-state index contributed by atoms with van der Waals surface area (Å²) in [6, 6.07) is 19.9. The first-order valence-electron chi connectivity index (χ1n) is 12.1. The zero-order valence-electron chi connectivity index (χ0n) is 20.0. The van der Waals surface area contributed by atoms with Crippen LogP contribution in [0, 0.1) is 11.6 Å². The molecule has 0 bridgehead atoms. The summed E-state index contributed by atoms with van der Waals surface area (Å²) in [5, 5.41) is 1.02. The Hall–Kier alpha value is -3.41. The molecule has 0 aromatic heterocycles. The van der Waals surface area contributed by atoms with E-state index in [0.29, 0.717) is 10.8 Å². The Kier molecular flexibility index (Phi) is 7.92. The van der Waals surface area contributed by atoms with Crippen molar-refractivity contribution in [2.75, 3.05) is 0 Å². The molecular weight excluding hydrogens is 471 g/mol. The first-order valence-corrected chi connectivity index (χ1v) is 12.1. The highest BCUT2D eigenvalue weighted by molar-refractivity contribution is 5.91. The van der Waals surface area contributed by atoms with Crippen LogP contribution in [-0.4, -0.2) is 6.36 Å². The lowest BCUT2D eigenvalue weighted by Crippen LogP contribution is -2.17. The van der Waals surface area contributed by atoms with E-state index < -0.39 is 23.7 Å². The van der Waals surface area contributed by atoms with Gasteiger partial charge in [0.05, 0.1) is 0 Å². The molecule has 0 fully saturated rings. The van der Waals surface area contributed by atoms with Gasteiger partial charge in [-0.1, -0.05) is 87.2 Å². The van der Waals surface area contributed by atoms with Crippen molar-refractivity contribution in [1.82, 2.24) is 0 Å². The molecule has 0 atom stereocenters. The molecule has 4 aromatic rings. The van der Waals surface area contributed by atoms with Gasteiger partial charge >= 0.3 is 6.36 Å². The number of alkyl halides is 3. The van der Waals surface area contributed by atoms with Crippen molar-refractivity contribution in [2.45, 2.75) is 51.8 Å². The summed E-state index contributed by atoms with van der Waals surface area (Å²) < 4.78 is 70.3. The van der Waals surface area contributed by atoms with Crippen LogP contribution < -0.4 is 4.74 Å². The summed E-state index contributed by atoms with van der Waals surface area (Å²) in [7, 11) is 0. The first kappa shape index (κ1) is 25.7. The predicted octanol–water partition coefficient (Wildman–Crippen LogP) is 9.86. The Morgan fingerprint density at radius 3 is 2.08 bits per heavy atom. The highest BCUT2D eigenvalue weighted by Crippen LogP contribution is 2.34. The maximum absolute atomic E-state index is 15.3. The highest BCUT2D eigenvalue weighted by atomic mass is 19.4. The summed E-state index contributed by atoms with van der Waals surface area (Å²) in [5.41, 5.74) is 3.49. The zero-order chi connectivity index (χ0) is 25.7. The van der Waals surface area contributed by atoms with E-state index in [1.807, 2.05) is 12.1 Å². The summed E-state index contributed by atoms with van der Waals surface area (Å²) >= 11 is 0. The van der Waals surface area contributed by atoms with E-state index in [1.54, 1.807) is 12.1 Å². The summed E-state index contributed by atoms with van der Waals surface area (Å²) in [5.74, 6) is -2.75. The number of hydrogen-bond donors (Lipinski definition) is 0.